The number of nitrogens with zero attached hydrogens (tertiary/aromatic N) is 4. The van der Waals surface area contributed by atoms with Crippen LogP contribution in [0.2, 0.25) is 5.02 Å². The van der Waals surface area contributed by atoms with E-state index in [1.54, 1.807) is 38.1 Å². The van der Waals surface area contributed by atoms with Crippen molar-refractivity contribution in [2.45, 2.75) is 64.4 Å². The molecule has 35 heavy (non-hydrogen) atoms. The first-order valence-corrected chi connectivity index (χ1v) is 12.3. The quantitative estimate of drug-likeness (QED) is 0.342. The zero-order valence-corrected chi connectivity index (χ0v) is 20.8. The van der Waals surface area contributed by atoms with Crippen LogP contribution in [0.1, 0.15) is 68.8 Å². The molecule has 3 N–H and O–H groups in total. The predicted octanol–water partition coefficient (Wildman–Crippen LogP) is 4.83. The lowest BCUT2D eigenvalue weighted by Crippen LogP contribution is -2.19. The van der Waals surface area contributed by atoms with Crippen LogP contribution in [-0.4, -0.2) is 48.4 Å². The van der Waals surface area contributed by atoms with Crippen LogP contribution in [0.4, 0.5) is 5.82 Å². The number of H-pyrrole nitrogens is 1. The maximum Gasteiger partial charge on any atom is 0.294 e. The summed E-state index contributed by atoms with van der Waals surface area (Å²) < 4.78 is 5.82. The second kappa shape index (κ2) is 11.1. The Balaban J connectivity index is 1.40. The van der Waals surface area contributed by atoms with Gasteiger partial charge in [0, 0.05) is 18.1 Å². The molecular formula is C25H31ClN6O3. The summed E-state index contributed by atoms with van der Waals surface area (Å²) in [6, 6.07) is 6.97. The maximum atomic E-state index is 12.7. The Morgan fingerprint density at radius 1 is 1.23 bits per heavy atom. The Labute approximate surface area is 209 Å². The van der Waals surface area contributed by atoms with E-state index in [9.17, 15) is 9.90 Å². The van der Waals surface area contributed by atoms with E-state index in [0.29, 0.717) is 46.8 Å². The van der Waals surface area contributed by atoms with Crippen molar-refractivity contribution in [3.63, 3.8) is 0 Å². The molecular weight excluding hydrogens is 468 g/mol. The molecule has 9 nitrogen and oxygen atoms in total. The fourth-order valence-electron chi connectivity index (χ4n) is 4.21. The predicted molar refractivity (Wildman–Crippen MR) is 134 cm³/mol. The maximum absolute atomic E-state index is 12.7. The molecule has 1 aromatic carbocycles. The molecule has 0 saturated heterocycles. The SMILES string of the molecule is CC(C)(O)CCCOc1ccc(Cl)c(-c2cc(NC(=O)c3nnc(CC4CCCC4)[nH]3)ncn2)c1. The van der Waals surface area contributed by atoms with Gasteiger partial charge in [0.15, 0.2) is 0 Å². The van der Waals surface area contributed by atoms with Crippen molar-refractivity contribution in [3.05, 3.63) is 47.3 Å². The first kappa shape index (κ1) is 25.1. The minimum absolute atomic E-state index is 0.151. The summed E-state index contributed by atoms with van der Waals surface area (Å²) >= 11 is 6.42. The molecule has 2 heterocycles. The molecule has 0 unspecified atom stereocenters. The topological polar surface area (TPSA) is 126 Å². The molecule has 1 aliphatic rings. The van der Waals surface area contributed by atoms with Gasteiger partial charge in [-0.25, -0.2) is 9.97 Å². The van der Waals surface area contributed by atoms with Crippen molar-refractivity contribution in [2.75, 3.05) is 11.9 Å². The molecule has 4 rings (SSSR count). The molecule has 0 spiro atoms. The van der Waals surface area contributed by atoms with Gasteiger partial charge in [-0.15, -0.1) is 10.2 Å². The number of aliphatic hydroxyl groups is 1. The molecule has 10 heteroatoms. The summed E-state index contributed by atoms with van der Waals surface area (Å²) in [7, 11) is 0. The Morgan fingerprint density at radius 3 is 2.80 bits per heavy atom. The third-order valence-electron chi connectivity index (χ3n) is 6.03. The van der Waals surface area contributed by atoms with Gasteiger partial charge in [-0.1, -0.05) is 37.3 Å². The van der Waals surface area contributed by atoms with E-state index in [1.165, 1.54) is 32.0 Å². The van der Waals surface area contributed by atoms with E-state index in [-0.39, 0.29) is 5.82 Å². The number of aromatic amines is 1. The lowest BCUT2D eigenvalue weighted by molar-refractivity contribution is 0.0641. The molecule has 1 aliphatic carbocycles. The number of halogens is 1. The first-order chi connectivity index (χ1) is 16.8. The Hall–Kier alpha value is -3.04. The van der Waals surface area contributed by atoms with E-state index in [2.05, 4.69) is 30.5 Å². The van der Waals surface area contributed by atoms with Crippen molar-refractivity contribution in [2.24, 2.45) is 5.92 Å². The van der Waals surface area contributed by atoms with E-state index in [0.717, 1.165) is 18.7 Å². The average Bonchev–Trinajstić information content (AvgIpc) is 3.50. The minimum Gasteiger partial charge on any atom is -0.494 e. The van der Waals surface area contributed by atoms with Crippen molar-refractivity contribution in [1.82, 2.24) is 25.1 Å². The van der Waals surface area contributed by atoms with Crippen LogP contribution in [0.15, 0.2) is 30.6 Å². The van der Waals surface area contributed by atoms with Gasteiger partial charge in [0.1, 0.15) is 23.7 Å². The van der Waals surface area contributed by atoms with Crippen LogP contribution in [0.25, 0.3) is 11.3 Å². The first-order valence-electron chi connectivity index (χ1n) is 12.0. The number of hydrogen-bond donors (Lipinski definition) is 3. The third kappa shape index (κ3) is 7.22. The number of rotatable bonds is 10. The number of ether oxygens (including phenoxy) is 1. The van der Waals surface area contributed by atoms with E-state index < -0.39 is 11.5 Å². The average molecular weight is 499 g/mol. The smallest absolute Gasteiger partial charge is 0.294 e. The number of hydrogen-bond acceptors (Lipinski definition) is 7. The highest BCUT2D eigenvalue weighted by Crippen LogP contribution is 2.31. The van der Waals surface area contributed by atoms with Crippen LogP contribution in [-0.2, 0) is 6.42 Å². The number of carbonyl (C=O) groups is 1. The fraction of sp³-hybridized carbons (Fsp3) is 0.480. The second-order valence-electron chi connectivity index (χ2n) is 9.62. The summed E-state index contributed by atoms with van der Waals surface area (Å²) in [6.45, 7) is 4.02. The molecule has 1 fully saturated rings. The number of amides is 1. The Morgan fingerprint density at radius 2 is 2.03 bits per heavy atom. The van der Waals surface area contributed by atoms with Crippen LogP contribution in [0.5, 0.6) is 5.75 Å². The molecule has 0 bridgehead atoms. The van der Waals surface area contributed by atoms with Crippen LogP contribution in [0, 0.1) is 5.92 Å². The van der Waals surface area contributed by atoms with E-state index >= 15 is 0 Å². The van der Waals surface area contributed by atoms with Crippen molar-refractivity contribution >= 4 is 23.3 Å². The number of aromatic nitrogens is 5. The van der Waals surface area contributed by atoms with Gasteiger partial charge in [-0.2, -0.15) is 0 Å². The molecule has 0 radical (unpaired) electrons. The lowest BCUT2D eigenvalue weighted by atomic mass is 10.0. The zero-order chi connectivity index (χ0) is 24.8. The molecule has 186 valence electrons. The molecule has 2 aromatic heterocycles. The van der Waals surface area contributed by atoms with Gasteiger partial charge >= 0.3 is 0 Å². The van der Waals surface area contributed by atoms with Crippen molar-refractivity contribution in [3.8, 4) is 17.0 Å². The van der Waals surface area contributed by atoms with Gasteiger partial charge in [0.2, 0.25) is 5.82 Å². The van der Waals surface area contributed by atoms with Crippen LogP contribution >= 0.6 is 11.6 Å². The highest BCUT2D eigenvalue weighted by Gasteiger charge is 2.19. The molecule has 3 aromatic rings. The highest BCUT2D eigenvalue weighted by atomic mass is 35.5. The normalized spacial score (nSPS) is 14.3. The van der Waals surface area contributed by atoms with Gasteiger partial charge in [-0.05, 0) is 50.8 Å². The van der Waals surface area contributed by atoms with Gasteiger partial charge in [0.05, 0.1) is 22.9 Å². The summed E-state index contributed by atoms with van der Waals surface area (Å²) in [5.74, 6) is 2.03. The monoisotopic (exact) mass is 498 g/mol. The lowest BCUT2D eigenvalue weighted by Gasteiger charge is -2.17. The van der Waals surface area contributed by atoms with Crippen molar-refractivity contribution in [1.29, 1.82) is 0 Å². The summed E-state index contributed by atoms with van der Waals surface area (Å²) in [4.78, 5) is 24.2. The van der Waals surface area contributed by atoms with E-state index in [4.69, 9.17) is 16.3 Å². The Kier molecular flexibility index (Phi) is 7.97. The van der Waals surface area contributed by atoms with Gasteiger partial charge in [-0.3, -0.25) is 4.79 Å². The zero-order valence-electron chi connectivity index (χ0n) is 20.1. The fourth-order valence-corrected chi connectivity index (χ4v) is 4.43. The molecule has 0 aliphatic heterocycles. The summed E-state index contributed by atoms with van der Waals surface area (Å²) in [6.07, 6.45) is 8.43. The molecule has 1 saturated carbocycles. The second-order valence-corrected chi connectivity index (χ2v) is 10.0. The molecule has 0 atom stereocenters. The van der Waals surface area contributed by atoms with Gasteiger partial charge in [0.25, 0.3) is 5.91 Å². The van der Waals surface area contributed by atoms with Crippen molar-refractivity contribution < 1.29 is 14.6 Å². The number of nitrogens with one attached hydrogen (secondary N) is 2. The number of benzene rings is 1. The number of anilines is 1. The number of carbonyl (C=O) groups excluding carboxylic acids is 1. The standard InChI is InChI=1S/C25H31ClN6O3/c1-25(2,34)10-5-11-35-17-8-9-19(26)18(13-17)20-14-21(28-15-27-20)30-24(33)23-29-22(31-32-23)12-16-6-3-4-7-16/h8-9,13-16,34H,3-7,10-12H2,1-2H3,(H,29,31,32)(H,27,28,30,33). The van der Waals surface area contributed by atoms with Crippen LogP contribution < -0.4 is 10.1 Å². The van der Waals surface area contributed by atoms with Gasteiger partial charge < -0.3 is 20.1 Å². The van der Waals surface area contributed by atoms with Crippen LogP contribution in [0.3, 0.4) is 0 Å². The third-order valence-corrected chi connectivity index (χ3v) is 6.36. The summed E-state index contributed by atoms with van der Waals surface area (Å²) in [5, 5.41) is 21.2. The Bertz CT molecular complexity index is 1150. The van der Waals surface area contributed by atoms with E-state index in [1.807, 2.05) is 0 Å². The minimum atomic E-state index is -0.723. The summed E-state index contributed by atoms with van der Waals surface area (Å²) in [5.41, 5.74) is 0.476. The largest absolute Gasteiger partial charge is 0.494 e. The molecule has 1 amide bonds. The highest BCUT2D eigenvalue weighted by molar-refractivity contribution is 6.33.